The number of benzene rings is 1. The first kappa shape index (κ1) is 21.2. The Balaban J connectivity index is 2.62. The molecule has 0 saturated carbocycles. The molecule has 1 rings (SSSR count). The second kappa shape index (κ2) is 11.7. The minimum absolute atomic E-state index is 0.0557. The Labute approximate surface area is 149 Å². The Morgan fingerprint density at radius 1 is 1.24 bits per heavy atom. The largest absolute Gasteiger partial charge is 0.493 e. The minimum atomic E-state index is -0.701. The van der Waals surface area contributed by atoms with Crippen LogP contribution in [-0.4, -0.2) is 74.3 Å². The SMILES string of the molecule is CCCCN(CCO)C[C@@H](O)COc1ccc(C(=O)OC)cc1OC. The molecule has 2 N–H and O–H groups in total. The first-order valence-electron chi connectivity index (χ1n) is 8.46. The second-order valence-electron chi connectivity index (χ2n) is 5.70. The molecule has 0 saturated heterocycles. The number of rotatable bonds is 12. The summed E-state index contributed by atoms with van der Waals surface area (Å²) in [4.78, 5) is 13.6. The highest BCUT2D eigenvalue weighted by molar-refractivity contribution is 5.90. The monoisotopic (exact) mass is 355 g/mol. The molecule has 0 bridgehead atoms. The van der Waals surface area contributed by atoms with Crippen LogP contribution in [-0.2, 0) is 4.74 Å². The Morgan fingerprint density at radius 3 is 2.60 bits per heavy atom. The van der Waals surface area contributed by atoms with Gasteiger partial charge in [-0.05, 0) is 31.2 Å². The van der Waals surface area contributed by atoms with Gasteiger partial charge in [0.05, 0.1) is 26.4 Å². The number of hydrogen-bond donors (Lipinski definition) is 2. The normalized spacial score (nSPS) is 12.1. The molecule has 142 valence electrons. The van der Waals surface area contributed by atoms with Gasteiger partial charge in [0.1, 0.15) is 12.7 Å². The zero-order valence-corrected chi connectivity index (χ0v) is 15.2. The lowest BCUT2D eigenvalue weighted by Crippen LogP contribution is -2.37. The van der Waals surface area contributed by atoms with Crippen LogP contribution in [0.1, 0.15) is 30.1 Å². The molecule has 1 aromatic rings. The number of carbonyl (C=O) groups is 1. The zero-order chi connectivity index (χ0) is 18.7. The van der Waals surface area contributed by atoms with E-state index >= 15 is 0 Å². The summed E-state index contributed by atoms with van der Waals surface area (Å²) >= 11 is 0. The molecule has 0 spiro atoms. The number of unbranched alkanes of at least 4 members (excludes halogenated alkanes) is 1. The molecule has 7 heteroatoms. The number of carbonyl (C=O) groups excluding carboxylic acids is 1. The van der Waals surface area contributed by atoms with Gasteiger partial charge in [-0.25, -0.2) is 4.79 Å². The van der Waals surface area contributed by atoms with Crippen molar-refractivity contribution in [3.05, 3.63) is 23.8 Å². The summed E-state index contributed by atoms with van der Waals surface area (Å²) in [5, 5.41) is 19.3. The highest BCUT2D eigenvalue weighted by Crippen LogP contribution is 2.28. The number of methoxy groups -OCH3 is 2. The molecule has 7 nitrogen and oxygen atoms in total. The fourth-order valence-electron chi connectivity index (χ4n) is 2.39. The number of nitrogens with zero attached hydrogens (tertiary/aromatic N) is 1. The Hall–Kier alpha value is -1.83. The van der Waals surface area contributed by atoms with Gasteiger partial charge >= 0.3 is 5.97 Å². The van der Waals surface area contributed by atoms with Crippen molar-refractivity contribution < 1.29 is 29.2 Å². The molecule has 1 atom stereocenters. The quantitative estimate of drug-likeness (QED) is 0.547. The van der Waals surface area contributed by atoms with Gasteiger partial charge in [0, 0.05) is 13.1 Å². The van der Waals surface area contributed by atoms with Gasteiger partial charge in [-0.1, -0.05) is 13.3 Å². The van der Waals surface area contributed by atoms with Crippen LogP contribution in [0.4, 0.5) is 0 Å². The average molecular weight is 355 g/mol. The van der Waals surface area contributed by atoms with E-state index in [-0.39, 0.29) is 13.2 Å². The Morgan fingerprint density at radius 2 is 2.00 bits per heavy atom. The summed E-state index contributed by atoms with van der Waals surface area (Å²) in [7, 11) is 2.79. The summed E-state index contributed by atoms with van der Waals surface area (Å²) in [6, 6.07) is 4.72. The van der Waals surface area contributed by atoms with Gasteiger partial charge in [-0.2, -0.15) is 0 Å². The smallest absolute Gasteiger partial charge is 0.337 e. The lowest BCUT2D eigenvalue weighted by atomic mass is 10.2. The third kappa shape index (κ3) is 7.29. The molecule has 0 unspecified atom stereocenters. The van der Waals surface area contributed by atoms with Crippen molar-refractivity contribution in [1.29, 1.82) is 0 Å². The average Bonchev–Trinajstić information content (AvgIpc) is 2.63. The van der Waals surface area contributed by atoms with E-state index in [0.29, 0.717) is 30.2 Å². The van der Waals surface area contributed by atoms with Crippen LogP contribution >= 0.6 is 0 Å². The maximum absolute atomic E-state index is 11.5. The molecule has 0 aliphatic carbocycles. The highest BCUT2D eigenvalue weighted by atomic mass is 16.5. The van der Waals surface area contributed by atoms with E-state index in [4.69, 9.17) is 14.6 Å². The lowest BCUT2D eigenvalue weighted by molar-refractivity contribution is 0.0589. The summed E-state index contributed by atoms with van der Waals surface area (Å²) in [6.45, 7) is 4.01. The minimum Gasteiger partial charge on any atom is -0.493 e. The molecule has 1 aromatic carbocycles. The van der Waals surface area contributed by atoms with Crippen LogP contribution in [0, 0.1) is 0 Å². The maximum atomic E-state index is 11.5. The summed E-state index contributed by atoms with van der Waals surface area (Å²) in [5.41, 5.74) is 0.362. The summed E-state index contributed by atoms with van der Waals surface area (Å²) in [5.74, 6) is 0.380. The van der Waals surface area contributed by atoms with E-state index in [0.717, 1.165) is 19.4 Å². The summed E-state index contributed by atoms with van der Waals surface area (Å²) < 4.78 is 15.5. The van der Waals surface area contributed by atoms with Gasteiger partial charge in [0.15, 0.2) is 11.5 Å². The number of esters is 1. The maximum Gasteiger partial charge on any atom is 0.337 e. The van der Waals surface area contributed by atoms with Crippen molar-refractivity contribution in [3.8, 4) is 11.5 Å². The second-order valence-corrected chi connectivity index (χ2v) is 5.70. The van der Waals surface area contributed by atoms with Crippen molar-refractivity contribution >= 4 is 5.97 Å². The molecular formula is C18H29NO6. The van der Waals surface area contributed by atoms with Crippen molar-refractivity contribution in [2.24, 2.45) is 0 Å². The van der Waals surface area contributed by atoms with Crippen molar-refractivity contribution in [1.82, 2.24) is 4.90 Å². The first-order valence-corrected chi connectivity index (χ1v) is 8.46. The molecule has 25 heavy (non-hydrogen) atoms. The Bertz CT molecular complexity index is 522. The standard InChI is InChI=1S/C18H29NO6/c1-4-5-8-19(9-10-20)12-15(21)13-25-16-7-6-14(18(22)24-3)11-17(16)23-2/h6-7,11,15,20-21H,4-5,8-10,12-13H2,1-3H3/t15-/m1/s1. The number of aliphatic hydroxyl groups is 2. The van der Waals surface area contributed by atoms with E-state index < -0.39 is 12.1 Å². The highest BCUT2D eigenvalue weighted by Gasteiger charge is 2.15. The predicted molar refractivity (Wildman–Crippen MR) is 94.3 cm³/mol. The van der Waals surface area contributed by atoms with Crippen LogP contribution < -0.4 is 9.47 Å². The van der Waals surface area contributed by atoms with E-state index in [9.17, 15) is 9.90 Å². The van der Waals surface area contributed by atoms with Crippen LogP contribution in [0.2, 0.25) is 0 Å². The van der Waals surface area contributed by atoms with Gasteiger partial charge in [0.2, 0.25) is 0 Å². The van der Waals surface area contributed by atoms with Gasteiger partial charge in [0.25, 0.3) is 0 Å². The topological polar surface area (TPSA) is 88.5 Å². The van der Waals surface area contributed by atoms with E-state index in [1.165, 1.54) is 20.3 Å². The van der Waals surface area contributed by atoms with E-state index in [1.54, 1.807) is 12.1 Å². The van der Waals surface area contributed by atoms with Gasteiger partial charge in [-0.15, -0.1) is 0 Å². The van der Waals surface area contributed by atoms with E-state index in [1.807, 2.05) is 4.90 Å². The predicted octanol–water partition coefficient (Wildman–Crippen LogP) is 1.32. The van der Waals surface area contributed by atoms with Gasteiger partial charge < -0.3 is 24.4 Å². The molecule has 0 aliphatic heterocycles. The third-order valence-corrected chi connectivity index (χ3v) is 3.73. The fourth-order valence-corrected chi connectivity index (χ4v) is 2.39. The van der Waals surface area contributed by atoms with Crippen LogP contribution in [0.15, 0.2) is 18.2 Å². The van der Waals surface area contributed by atoms with Crippen LogP contribution in [0.25, 0.3) is 0 Å². The molecule has 0 radical (unpaired) electrons. The Kier molecular flexibility index (Phi) is 9.91. The zero-order valence-electron chi connectivity index (χ0n) is 15.2. The molecule has 0 aliphatic rings. The van der Waals surface area contributed by atoms with Crippen molar-refractivity contribution in [3.63, 3.8) is 0 Å². The number of hydrogen-bond acceptors (Lipinski definition) is 7. The van der Waals surface area contributed by atoms with Crippen molar-refractivity contribution in [2.75, 3.05) is 47.1 Å². The molecular weight excluding hydrogens is 326 g/mol. The fraction of sp³-hybridized carbons (Fsp3) is 0.611. The molecule has 0 aromatic heterocycles. The van der Waals surface area contributed by atoms with Crippen LogP contribution in [0.3, 0.4) is 0 Å². The third-order valence-electron chi connectivity index (χ3n) is 3.73. The lowest BCUT2D eigenvalue weighted by Gasteiger charge is -2.24. The first-order chi connectivity index (χ1) is 12.0. The summed E-state index contributed by atoms with van der Waals surface area (Å²) in [6.07, 6.45) is 1.36. The molecule has 0 amide bonds. The van der Waals surface area contributed by atoms with Crippen molar-refractivity contribution in [2.45, 2.75) is 25.9 Å². The van der Waals surface area contributed by atoms with Crippen LogP contribution in [0.5, 0.6) is 11.5 Å². The number of aliphatic hydroxyl groups excluding tert-OH is 2. The number of ether oxygens (including phenoxy) is 3. The molecule has 0 fully saturated rings. The van der Waals surface area contributed by atoms with E-state index in [2.05, 4.69) is 11.7 Å². The molecule has 0 heterocycles. The van der Waals surface area contributed by atoms with Gasteiger partial charge in [-0.3, -0.25) is 4.90 Å².